The van der Waals surface area contributed by atoms with Crippen molar-refractivity contribution in [3.05, 3.63) is 65.7 Å². The molecule has 102 valence electrons. The van der Waals surface area contributed by atoms with Crippen molar-refractivity contribution >= 4 is 5.69 Å². The number of piperidine rings is 1. The Morgan fingerprint density at radius 1 is 1.00 bits per heavy atom. The minimum Gasteiger partial charge on any atom is -0.363 e. The van der Waals surface area contributed by atoms with Crippen LogP contribution in [0.3, 0.4) is 0 Å². The minimum atomic E-state index is 0.656. The third-order valence-corrected chi connectivity index (χ3v) is 4.69. The molecule has 0 saturated carbocycles. The maximum absolute atomic E-state index is 3.55. The SMILES string of the molecule is c1ccc(CN2c3ccccc3[C@H]3CNCC[C@H]32)cc1. The van der Waals surface area contributed by atoms with Crippen molar-refractivity contribution < 1.29 is 0 Å². The fourth-order valence-electron chi connectivity index (χ4n) is 3.76. The van der Waals surface area contributed by atoms with E-state index in [9.17, 15) is 0 Å². The van der Waals surface area contributed by atoms with Gasteiger partial charge in [0, 0.05) is 30.7 Å². The lowest BCUT2D eigenvalue weighted by atomic mass is 9.90. The largest absolute Gasteiger partial charge is 0.363 e. The van der Waals surface area contributed by atoms with E-state index in [1.165, 1.54) is 23.2 Å². The number of nitrogens with one attached hydrogen (secondary N) is 1. The van der Waals surface area contributed by atoms with Crippen LogP contribution in [-0.2, 0) is 6.54 Å². The average molecular weight is 264 g/mol. The van der Waals surface area contributed by atoms with E-state index in [1.807, 2.05) is 0 Å². The lowest BCUT2D eigenvalue weighted by Gasteiger charge is -2.34. The van der Waals surface area contributed by atoms with Gasteiger partial charge in [0.2, 0.25) is 0 Å². The number of anilines is 1. The number of nitrogens with zero attached hydrogens (tertiary/aromatic N) is 1. The molecular weight excluding hydrogens is 244 g/mol. The van der Waals surface area contributed by atoms with Crippen molar-refractivity contribution in [2.75, 3.05) is 18.0 Å². The number of benzene rings is 2. The van der Waals surface area contributed by atoms with Gasteiger partial charge in [0.1, 0.15) is 0 Å². The smallest absolute Gasteiger partial charge is 0.0432 e. The molecule has 1 saturated heterocycles. The summed E-state index contributed by atoms with van der Waals surface area (Å²) >= 11 is 0. The first kappa shape index (κ1) is 12.0. The molecule has 2 aliphatic rings. The second-order valence-electron chi connectivity index (χ2n) is 5.84. The summed E-state index contributed by atoms with van der Waals surface area (Å²) in [7, 11) is 0. The summed E-state index contributed by atoms with van der Waals surface area (Å²) in [5, 5.41) is 3.55. The fraction of sp³-hybridized carbons (Fsp3) is 0.333. The molecule has 0 bridgehead atoms. The predicted molar refractivity (Wildman–Crippen MR) is 83.1 cm³/mol. The molecule has 2 heterocycles. The Labute approximate surface area is 120 Å². The monoisotopic (exact) mass is 264 g/mol. The first-order valence-corrected chi connectivity index (χ1v) is 7.54. The summed E-state index contributed by atoms with van der Waals surface area (Å²) in [6.07, 6.45) is 1.24. The molecule has 0 unspecified atom stereocenters. The Hall–Kier alpha value is -1.80. The molecule has 0 radical (unpaired) electrons. The van der Waals surface area contributed by atoms with Crippen molar-refractivity contribution in [3.63, 3.8) is 0 Å². The van der Waals surface area contributed by atoms with Gasteiger partial charge in [-0.15, -0.1) is 0 Å². The van der Waals surface area contributed by atoms with Crippen LogP contribution in [0.4, 0.5) is 5.69 Å². The van der Waals surface area contributed by atoms with E-state index in [0.717, 1.165) is 19.6 Å². The van der Waals surface area contributed by atoms with E-state index in [0.29, 0.717) is 12.0 Å². The predicted octanol–water partition coefficient (Wildman–Crippen LogP) is 3.15. The Kier molecular flexibility index (Phi) is 2.96. The summed E-state index contributed by atoms with van der Waals surface area (Å²) in [6, 6.07) is 20.4. The minimum absolute atomic E-state index is 0.656. The third kappa shape index (κ3) is 1.92. The van der Waals surface area contributed by atoms with Crippen LogP contribution < -0.4 is 10.2 Å². The number of para-hydroxylation sites is 1. The van der Waals surface area contributed by atoms with Crippen LogP contribution in [0.1, 0.15) is 23.5 Å². The van der Waals surface area contributed by atoms with Gasteiger partial charge < -0.3 is 10.2 Å². The van der Waals surface area contributed by atoms with Crippen LogP contribution in [0, 0.1) is 0 Å². The van der Waals surface area contributed by atoms with Crippen LogP contribution in [0.25, 0.3) is 0 Å². The average Bonchev–Trinajstić information content (AvgIpc) is 2.84. The molecule has 0 aromatic heterocycles. The Bertz CT molecular complexity index is 593. The number of rotatable bonds is 2. The zero-order valence-electron chi connectivity index (χ0n) is 11.6. The molecule has 2 heteroatoms. The molecule has 0 spiro atoms. The lowest BCUT2D eigenvalue weighted by molar-refractivity contribution is 0.402. The fourth-order valence-corrected chi connectivity index (χ4v) is 3.76. The zero-order valence-corrected chi connectivity index (χ0v) is 11.6. The van der Waals surface area contributed by atoms with Gasteiger partial charge >= 0.3 is 0 Å². The molecule has 1 N–H and O–H groups in total. The van der Waals surface area contributed by atoms with Gasteiger partial charge in [-0.2, -0.15) is 0 Å². The van der Waals surface area contributed by atoms with Gasteiger partial charge in [-0.1, -0.05) is 48.5 Å². The van der Waals surface area contributed by atoms with Gasteiger partial charge in [-0.25, -0.2) is 0 Å². The Morgan fingerprint density at radius 3 is 2.70 bits per heavy atom. The molecule has 4 rings (SSSR count). The normalized spacial score (nSPS) is 24.3. The summed E-state index contributed by atoms with van der Waals surface area (Å²) < 4.78 is 0. The lowest BCUT2D eigenvalue weighted by Crippen LogP contribution is -2.43. The van der Waals surface area contributed by atoms with Crippen molar-refractivity contribution in [2.45, 2.75) is 24.9 Å². The Balaban J connectivity index is 1.70. The number of fused-ring (bicyclic) bond motifs is 3. The highest BCUT2D eigenvalue weighted by Gasteiger charge is 2.39. The van der Waals surface area contributed by atoms with Crippen molar-refractivity contribution in [3.8, 4) is 0 Å². The van der Waals surface area contributed by atoms with Crippen LogP contribution >= 0.6 is 0 Å². The summed E-state index contributed by atoms with van der Waals surface area (Å²) in [5.41, 5.74) is 4.37. The van der Waals surface area contributed by atoms with Gasteiger partial charge in [0.05, 0.1) is 0 Å². The highest BCUT2D eigenvalue weighted by atomic mass is 15.2. The molecule has 0 aliphatic carbocycles. The first-order valence-electron chi connectivity index (χ1n) is 7.54. The molecule has 20 heavy (non-hydrogen) atoms. The standard InChI is InChI=1S/C18H20N2/c1-2-6-14(7-3-1)13-20-17-9-5-4-8-15(17)16-12-19-11-10-18(16)20/h1-9,16,18-19H,10-13H2/t16-,18-/m1/s1. The zero-order chi connectivity index (χ0) is 13.4. The first-order chi connectivity index (χ1) is 9.93. The Morgan fingerprint density at radius 2 is 1.80 bits per heavy atom. The molecule has 1 fully saturated rings. The van der Waals surface area contributed by atoms with E-state index < -0.39 is 0 Å². The van der Waals surface area contributed by atoms with Crippen LogP contribution in [0.2, 0.25) is 0 Å². The van der Waals surface area contributed by atoms with Gasteiger partial charge in [-0.05, 0) is 30.2 Å². The second-order valence-corrected chi connectivity index (χ2v) is 5.84. The molecular formula is C18H20N2. The molecule has 2 atom stereocenters. The van der Waals surface area contributed by atoms with Crippen LogP contribution in [-0.4, -0.2) is 19.1 Å². The molecule has 0 amide bonds. The summed E-state index contributed by atoms with van der Waals surface area (Å²) in [4.78, 5) is 2.62. The van der Waals surface area contributed by atoms with Crippen LogP contribution in [0.5, 0.6) is 0 Å². The molecule has 2 aromatic rings. The van der Waals surface area contributed by atoms with Crippen molar-refractivity contribution in [2.24, 2.45) is 0 Å². The summed E-state index contributed by atoms with van der Waals surface area (Å²) in [5.74, 6) is 0.656. The molecule has 2 aliphatic heterocycles. The quantitative estimate of drug-likeness (QED) is 0.896. The molecule has 2 nitrogen and oxygen atoms in total. The van der Waals surface area contributed by atoms with E-state index in [-0.39, 0.29) is 0 Å². The maximum atomic E-state index is 3.55. The van der Waals surface area contributed by atoms with E-state index >= 15 is 0 Å². The van der Waals surface area contributed by atoms with Crippen molar-refractivity contribution in [1.82, 2.24) is 5.32 Å². The van der Waals surface area contributed by atoms with Crippen molar-refractivity contribution in [1.29, 1.82) is 0 Å². The van der Waals surface area contributed by atoms with E-state index in [1.54, 1.807) is 0 Å². The highest BCUT2D eigenvalue weighted by Crippen LogP contribution is 2.43. The third-order valence-electron chi connectivity index (χ3n) is 4.69. The van der Waals surface area contributed by atoms with E-state index in [2.05, 4.69) is 64.8 Å². The number of hydrogen-bond donors (Lipinski definition) is 1. The van der Waals surface area contributed by atoms with Crippen LogP contribution in [0.15, 0.2) is 54.6 Å². The maximum Gasteiger partial charge on any atom is 0.0432 e. The number of hydrogen-bond acceptors (Lipinski definition) is 2. The highest BCUT2D eigenvalue weighted by molar-refractivity contribution is 5.62. The van der Waals surface area contributed by atoms with E-state index in [4.69, 9.17) is 0 Å². The van der Waals surface area contributed by atoms with Gasteiger partial charge in [0.25, 0.3) is 0 Å². The summed E-state index contributed by atoms with van der Waals surface area (Å²) in [6.45, 7) is 3.28. The second kappa shape index (κ2) is 4.95. The molecule has 2 aromatic carbocycles. The topological polar surface area (TPSA) is 15.3 Å². The van der Waals surface area contributed by atoms with Gasteiger partial charge in [0.15, 0.2) is 0 Å². The van der Waals surface area contributed by atoms with Gasteiger partial charge in [-0.3, -0.25) is 0 Å².